The lowest BCUT2D eigenvalue weighted by molar-refractivity contribution is -0.160. The van der Waals surface area contributed by atoms with Crippen LogP contribution in [0, 0.1) is 13.8 Å². The van der Waals surface area contributed by atoms with E-state index in [2.05, 4.69) is 29.7 Å². The molecule has 1 aliphatic rings. The van der Waals surface area contributed by atoms with Gasteiger partial charge in [0.2, 0.25) is 0 Å². The van der Waals surface area contributed by atoms with Crippen molar-refractivity contribution in [2.24, 2.45) is 0 Å². The van der Waals surface area contributed by atoms with Crippen LogP contribution in [0.1, 0.15) is 62.7 Å². The predicted molar refractivity (Wildman–Crippen MR) is 158 cm³/mol. The van der Waals surface area contributed by atoms with Crippen molar-refractivity contribution in [1.82, 2.24) is 14.5 Å². The normalized spacial score (nSPS) is 14.8. The largest absolute Gasteiger partial charge is 0.479 e. The number of thiazole rings is 1. The van der Waals surface area contributed by atoms with Gasteiger partial charge >= 0.3 is 5.97 Å². The zero-order valence-corrected chi connectivity index (χ0v) is 24.2. The third-order valence-electron chi connectivity index (χ3n) is 7.04. The van der Waals surface area contributed by atoms with Crippen LogP contribution in [-0.4, -0.2) is 31.2 Å². The summed E-state index contributed by atoms with van der Waals surface area (Å²) in [4.78, 5) is 22.4. The molecule has 5 aromatic rings. The highest BCUT2D eigenvalue weighted by molar-refractivity contribution is 7.22. The van der Waals surface area contributed by atoms with Crippen molar-refractivity contribution < 1.29 is 14.6 Å². The average molecular weight is 560 g/mol. The zero-order chi connectivity index (χ0) is 27.6. The predicted octanol–water partition coefficient (Wildman–Crippen LogP) is 8.53. The number of rotatable bonds is 6. The van der Waals surface area contributed by atoms with Gasteiger partial charge in [0, 0.05) is 27.8 Å². The Kier molecular flexibility index (Phi) is 6.29. The first kappa shape index (κ1) is 26.0. The Morgan fingerprint density at radius 3 is 2.38 bits per heavy atom. The molecular weight excluding hydrogens is 530 g/mol. The number of imidazole rings is 1. The number of halogens is 1. The van der Waals surface area contributed by atoms with Gasteiger partial charge in [-0.15, -0.1) is 11.3 Å². The molecule has 6 rings (SSSR count). The first-order chi connectivity index (χ1) is 18.5. The maximum atomic E-state index is 12.6. The number of aliphatic carboxylic acids is 1. The first-order valence-electron chi connectivity index (χ1n) is 13.1. The fraction of sp³-hybridized carbons (Fsp3) is 0.323. The number of nitrogens with zero attached hydrogens (tertiary/aromatic N) is 3. The van der Waals surface area contributed by atoms with Crippen molar-refractivity contribution in [2.75, 3.05) is 0 Å². The third-order valence-corrected chi connectivity index (χ3v) is 8.43. The molecule has 1 unspecified atom stereocenters. The van der Waals surface area contributed by atoms with Gasteiger partial charge in [-0.1, -0.05) is 23.7 Å². The highest BCUT2D eigenvalue weighted by Gasteiger charge is 2.32. The van der Waals surface area contributed by atoms with Gasteiger partial charge in [-0.2, -0.15) is 0 Å². The van der Waals surface area contributed by atoms with Gasteiger partial charge in [-0.05, 0) is 95.0 Å². The molecule has 1 saturated carbocycles. The summed E-state index contributed by atoms with van der Waals surface area (Å²) in [5.41, 5.74) is 6.42. The Balaban J connectivity index is 1.56. The Morgan fingerprint density at radius 2 is 1.74 bits per heavy atom. The van der Waals surface area contributed by atoms with Crippen LogP contribution in [0.15, 0.2) is 48.5 Å². The molecule has 200 valence electrons. The monoisotopic (exact) mass is 559 g/mol. The van der Waals surface area contributed by atoms with Crippen molar-refractivity contribution in [2.45, 2.75) is 65.2 Å². The lowest BCUT2D eigenvalue weighted by Crippen LogP contribution is -2.28. The molecular formula is C31H30ClN3O3S. The molecule has 6 nitrogen and oxygen atoms in total. The van der Waals surface area contributed by atoms with E-state index < -0.39 is 17.7 Å². The standard InChI is InChI=1S/C31H30ClN3O3S/c1-16-14-23-28(26(18-6-9-20(32)10-7-18)25(16)27(30(36)37)38-31(3,4)5)39-29(34-23)19-8-13-24-22(15-19)33-17(2)35(24)21-11-12-21/h6-10,13-15,21,27H,11-12H2,1-5H3,(H,36,37). The zero-order valence-electron chi connectivity index (χ0n) is 22.6. The summed E-state index contributed by atoms with van der Waals surface area (Å²) in [6, 6.07) is 16.4. The Hall–Kier alpha value is -3.26. The molecule has 0 saturated heterocycles. The Bertz CT molecular complexity index is 1740. The van der Waals surface area contributed by atoms with Crippen LogP contribution in [0.3, 0.4) is 0 Å². The van der Waals surface area contributed by atoms with Crippen LogP contribution in [0.25, 0.3) is 42.9 Å². The van der Waals surface area contributed by atoms with Gasteiger partial charge in [0.05, 0.1) is 26.9 Å². The van der Waals surface area contributed by atoms with Crippen LogP contribution in [0.4, 0.5) is 0 Å². The van der Waals surface area contributed by atoms with Gasteiger partial charge in [0.25, 0.3) is 0 Å². The summed E-state index contributed by atoms with van der Waals surface area (Å²) in [5.74, 6) is 0.0113. The fourth-order valence-corrected chi connectivity index (χ4v) is 6.56. The number of aromatic nitrogens is 3. The minimum absolute atomic E-state index is 0.559. The molecule has 0 spiro atoms. The highest BCUT2D eigenvalue weighted by atomic mass is 35.5. The van der Waals surface area contributed by atoms with E-state index in [9.17, 15) is 9.90 Å². The maximum absolute atomic E-state index is 12.6. The average Bonchev–Trinajstić information content (AvgIpc) is 3.51. The minimum Gasteiger partial charge on any atom is -0.479 e. The number of hydrogen-bond acceptors (Lipinski definition) is 5. The summed E-state index contributed by atoms with van der Waals surface area (Å²) in [6.07, 6.45) is 1.27. The smallest absolute Gasteiger partial charge is 0.337 e. The van der Waals surface area contributed by atoms with E-state index >= 15 is 0 Å². The Morgan fingerprint density at radius 1 is 1.05 bits per heavy atom. The number of fused-ring (bicyclic) bond motifs is 2. The van der Waals surface area contributed by atoms with Gasteiger partial charge in [0.1, 0.15) is 10.8 Å². The molecule has 8 heteroatoms. The van der Waals surface area contributed by atoms with Crippen molar-refractivity contribution in [1.29, 1.82) is 0 Å². The lowest BCUT2D eigenvalue weighted by atomic mass is 9.91. The van der Waals surface area contributed by atoms with Gasteiger partial charge < -0.3 is 14.4 Å². The number of carboxylic acids is 1. The summed E-state index contributed by atoms with van der Waals surface area (Å²) in [6.45, 7) is 9.59. The first-order valence-corrected chi connectivity index (χ1v) is 14.3. The van der Waals surface area contributed by atoms with E-state index in [1.807, 2.05) is 58.0 Å². The van der Waals surface area contributed by atoms with Gasteiger partial charge in [0.15, 0.2) is 6.10 Å². The molecule has 0 aliphatic heterocycles. The van der Waals surface area contributed by atoms with Crippen LogP contribution in [0.5, 0.6) is 0 Å². The number of hydrogen-bond donors (Lipinski definition) is 1. The van der Waals surface area contributed by atoms with Gasteiger partial charge in [-0.3, -0.25) is 0 Å². The second kappa shape index (κ2) is 9.44. The quantitative estimate of drug-likeness (QED) is 0.225. The lowest BCUT2D eigenvalue weighted by Gasteiger charge is -2.28. The summed E-state index contributed by atoms with van der Waals surface area (Å²) >= 11 is 7.78. The van der Waals surface area contributed by atoms with Crippen LogP contribution in [0.2, 0.25) is 5.02 Å². The maximum Gasteiger partial charge on any atom is 0.337 e. The summed E-state index contributed by atoms with van der Waals surface area (Å²) in [7, 11) is 0. The van der Waals surface area contributed by atoms with E-state index in [1.165, 1.54) is 12.8 Å². The van der Waals surface area contributed by atoms with Crippen molar-refractivity contribution in [3.63, 3.8) is 0 Å². The van der Waals surface area contributed by atoms with E-state index in [-0.39, 0.29) is 0 Å². The fourth-order valence-electron chi connectivity index (χ4n) is 5.31. The molecule has 0 radical (unpaired) electrons. The van der Waals surface area contributed by atoms with Gasteiger partial charge in [-0.25, -0.2) is 14.8 Å². The van der Waals surface area contributed by atoms with Crippen LogP contribution >= 0.6 is 22.9 Å². The topological polar surface area (TPSA) is 77.2 Å². The van der Waals surface area contributed by atoms with Crippen molar-refractivity contribution >= 4 is 50.2 Å². The second-order valence-corrected chi connectivity index (χ2v) is 12.7. The molecule has 1 N–H and O–H groups in total. The van der Waals surface area contributed by atoms with Crippen molar-refractivity contribution in [3.8, 4) is 21.7 Å². The number of aryl methyl sites for hydroxylation is 2. The molecule has 1 fully saturated rings. The third kappa shape index (κ3) is 4.84. The summed E-state index contributed by atoms with van der Waals surface area (Å²) in [5, 5.41) is 11.8. The van der Waals surface area contributed by atoms with E-state index in [0.717, 1.165) is 54.3 Å². The molecule has 2 aromatic heterocycles. The number of carboxylic acid groups (broad SMARTS) is 1. The van der Waals surface area contributed by atoms with E-state index in [4.69, 9.17) is 26.3 Å². The van der Waals surface area contributed by atoms with Crippen LogP contribution < -0.4 is 0 Å². The van der Waals surface area contributed by atoms with Crippen molar-refractivity contribution in [3.05, 3.63) is 70.5 Å². The highest BCUT2D eigenvalue weighted by Crippen LogP contribution is 2.45. The number of ether oxygens (including phenoxy) is 1. The molecule has 3 aromatic carbocycles. The Labute approximate surface area is 236 Å². The van der Waals surface area contributed by atoms with Crippen LogP contribution in [-0.2, 0) is 9.53 Å². The van der Waals surface area contributed by atoms with E-state index in [1.54, 1.807) is 11.3 Å². The minimum atomic E-state index is -1.14. The second-order valence-electron chi connectivity index (χ2n) is 11.3. The molecule has 1 atom stereocenters. The SMILES string of the molecule is Cc1cc2nc(-c3ccc4c(c3)nc(C)n4C3CC3)sc2c(-c2ccc(Cl)cc2)c1C(OC(C)(C)C)C(=O)O. The molecule has 39 heavy (non-hydrogen) atoms. The molecule has 0 bridgehead atoms. The summed E-state index contributed by atoms with van der Waals surface area (Å²) < 4.78 is 9.38. The number of benzene rings is 3. The molecule has 0 amide bonds. The van der Waals surface area contributed by atoms with E-state index in [0.29, 0.717) is 16.6 Å². The number of carbonyl (C=O) groups is 1. The molecule has 2 heterocycles. The molecule has 1 aliphatic carbocycles.